The molecule has 2 atom stereocenters. The van der Waals surface area contributed by atoms with E-state index in [1.165, 1.54) is 5.56 Å². The summed E-state index contributed by atoms with van der Waals surface area (Å²) < 4.78 is 0. The summed E-state index contributed by atoms with van der Waals surface area (Å²) in [5.41, 5.74) is 1.18. The molecular weight excluding hydrogens is 238 g/mol. The van der Waals surface area contributed by atoms with Crippen LogP contribution in [-0.2, 0) is 4.79 Å². The predicted molar refractivity (Wildman–Crippen MR) is 76.9 cm³/mol. The van der Waals surface area contributed by atoms with Crippen LogP contribution in [0.2, 0.25) is 0 Å². The van der Waals surface area contributed by atoms with E-state index in [-0.39, 0.29) is 5.92 Å². The van der Waals surface area contributed by atoms with E-state index in [1.807, 2.05) is 18.2 Å². The maximum Gasteiger partial charge on any atom is 0.307 e. The van der Waals surface area contributed by atoms with Gasteiger partial charge in [-0.1, -0.05) is 42.5 Å². The smallest absolute Gasteiger partial charge is 0.307 e. The van der Waals surface area contributed by atoms with E-state index in [0.29, 0.717) is 12.6 Å². The summed E-state index contributed by atoms with van der Waals surface area (Å²) in [5.74, 6) is -0.870. The van der Waals surface area contributed by atoms with Crippen molar-refractivity contribution in [3.63, 3.8) is 0 Å². The first-order chi connectivity index (χ1) is 9.16. The van der Waals surface area contributed by atoms with Crippen LogP contribution < -0.4 is 0 Å². The van der Waals surface area contributed by atoms with Crippen LogP contribution in [0, 0.1) is 5.92 Å². The average molecular weight is 259 g/mol. The third kappa shape index (κ3) is 3.93. The predicted octanol–water partition coefficient (Wildman–Crippen LogP) is 2.88. The first-order valence-electron chi connectivity index (χ1n) is 6.85. The van der Waals surface area contributed by atoms with E-state index in [0.717, 1.165) is 19.4 Å². The van der Waals surface area contributed by atoms with Gasteiger partial charge in [0.2, 0.25) is 0 Å². The van der Waals surface area contributed by atoms with Gasteiger partial charge in [-0.25, -0.2) is 0 Å². The third-order valence-electron chi connectivity index (χ3n) is 3.81. The van der Waals surface area contributed by atoms with Crippen molar-refractivity contribution in [1.29, 1.82) is 0 Å². The molecule has 2 unspecified atom stereocenters. The molecule has 1 heterocycles. The summed E-state index contributed by atoms with van der Waals surface area (Å²) in [6, 6.07) is 10.6. The number of likely N-dealkylation sites (tertiary alicyclic amines) is 1. The number of carboxylic acid groups (broad SMARTS) is 1. The molecule has 3 nitrogen and oxygen atoms in total. The Morgan fingerprint density at radius 2 is 2.11 bits per heavy atom. The molecule has 3 heteroatoms. The Balaban J connectivity index is 1.90. The molecule has 0 saturated carbocycles. The fourth-order valence-electron chi connectivity index (χ4n) is 2.52. The normalized spacial score (nSPS) is 24.7. The van der Waals surface area contributed by atoms with Crippen molar-refractivity contribution in [3.8, 4) is 0 Å². The molecule has 1 saturated heterocycles. The van der Waals surface area contributed by atoms with Crippen molar-refractivity contribution >= 4 is 12.0 Å². The summed E-state index contributed by atoms with van der Waals surface area (Å²) in [5, 5.41) is 9.10. The molecule has 102 valence electrons. The van der Waals surface area contributed by atoms with Gasteiger partial charge in [0.25, 0.3) is 0 Å². The average Bonchev–Trinajstić information content (AvgIpc) is 2.42. The second-order valence-electron chi connectivity index (χ2n) is 5.23. The quantitative estimate of drug-likeness (QED) is 0.904. The largest absolute Gasteiger partial charge is 0.481 e. The number of nitrogens with zero attached hydrogens (tertiary/aromatic N) is 1. The van der Waals surface area contributed by atoms with Crippen LogP contribution in [0.15, 0.2) is 36.4 Å². The molecule has 19 heavy (non-hydrogen) atoms. The Kier molecular flexibility index (Phi) is 4.74. The molecule has 2 rings (SSSR count). The number of carbonyl (C=O) groups is 1. The summed E-state index contributed by atoms with van der Waals surface area (Å²) in [6.45, 7) is 3.66. The van der Waals surface area contributed by atoms with E-state index in [2.05, 4.69) is 36.1 Å². The van der Waals surface area contributed by atoms with Gasteiger partial charge in [0.15, 0.2) is 0 Å². The monoisotopic (exact) mass is 259 g/mol. The molecular formula is C16H21NO2. The second-order valence-corrected chi connectivity index (χ2v) is 5.23. The lowest BCUT2D eigenvalue weighted by atomic mass is 9.93. The van der Waals surface area contributed by atoms with Gasteiger partial charge < -0.3 is 5.11 Å². The Labute approximate surface area is 114 Å². The van der Waals surface area contributed by atoms with Gasteiger partial charge in [-0.2, -0.15) is 0 Å². The lowest BCUT2D eigenvalue weighted by Gasteiger charge is -2.35. The molecule has 0 radical (unpaired) electrons. The van der Waals surface area contributed by atoms with Gasteiger partial charge in [0, 0.05) is 19.1 Å². The van der Waals surface area contributed by atoms with Crippen molar-refractivity contribution in [1.82, 2.24) is 4.90 Å². The number of aliphatic carboxylic acids is 1. The number of piperidine rings is 1. The van der Waals surface area contributed by atoms with Gasteiger partial charge in [-0.05, 0) is 25.3 Å². The number of rotatable bonds is 4. The number of hydrogen-bond acceptors (Lipinski definition) is 2. The van der Waals surface area contributed by atoms with Crippen LogP contribution in [-0.4, -0.2) is 35.1 Å². The highest BCUT2D eigenvalue weighted by molar-refractivity contribution is 5.70. The van der Waals surface area contributed by atoms with Crippen LogP contribution in [0.3, 0.4) is 0 Å². The highest BCUT2D eigenvalue weighted by Crippen LogP contribution is 2.21. The van der Waals surface area contributed by atoms with Crippen LogP contribution in [0.4, 0.5) is 0 Å². The summed E-state index contributed by atoms with van der Waals surface area (Å²) in [6.07, 6.45) is 5.98. The van der Waals surface area contributed by atoms with Gasteiger partial charge >= 0.3 is 5.97 Å². The molecule has 1 fully saturated rings. The molecule has 0 spiro atoms. The summed E-state index contributed by atoms with van der Waals surface area (Å²) >= 11 is 0. The molecule has 1 aromatic carbocycles. The minimum absolute atomic E-state index is 0.207. The first kappa shape index (κ1) is 13.8. The molecule has 0 amide bonds. The SMILES string of the molecule is CC1CCC(C(=O)O)CN1C/C=C/c1ccccc1. The van der Waals surface area contributed by atoms with Crippen molar-refractivity contribution in [2.75, 3.05) is 13.1 Å². The topological polar surface area (TPSA) is 40.5 Å². The van der Waals surface area contributed by atoms with Gasteiger partial charge in [-0.3, -0.25) is 9.69 Å². The second kappa shape index (κ2) is 6.53. The zero-order valence-electron chi connectivity index (χ0n) is 11.3. The highest BCUT2D eigenvalue weighted by atomic mass is 16.4. The minimum Gasteiger partial charge on any atom is -0.481 e. The van der Waals surface area contributed by atoms with Crippen LogP contribution >= 0.6 is 0 Å². The van der Waals surface area contributed by atoms with Crippen LogP contribution in [0.1, 0.15) is 25.3 Å². The Hall–Kier alpha value is -1.61. The zero-order chi connectivity index (χ0) is 13.7. The van der Waals surface area contributed by atoms with E-state index >= 15 is 0 Å². The molecule has 1 aliphatic heterocycles. The Bertz CT molecular complexity index is 441. The Morgan fingerprint density at radius 3 is 2.79 bits per heavy atom. The van der Waals surface area contributed by atoms with E-state index in [9.17, 15) is 4.79 Å². The molecule has 0 bridgehead atoms. The molecule has 1 aromatic rings. The zero-order valence-corrected chi connectivity index (χ0v) is 11.3. The maximum atomic E-state index is 11.1. The summed E-state index contributed by atoms with van der Waals surface area (Å²) in [4.78, 5) is 13.3. The molecule has 0 aliphatic carbocycles. The van der Waals surface area contributed by atoms with E-state index in [1.54, 1.807) is 0 Å². The van der Waals surface area contributed by atoms with Gasteiger partial charge in [0.05, 0.1) is 5.92 Å². The molecule has 0 aromatic heterocycles. The lowest BCUT2D eigenvalue weighted by Crippen LogP contribution is -2.44. The van der Waals surface area contributed by atoms with Crippen molar-refractivity contribution in [2.24, 2.45) is 5.92 Å². The van der Waals surface area contributed by atoms with Crippen LogP contribution in [0.5, 0.6) is 0 Å². The minimum atomic E-state index is -0.663. The highest BCUT2D eigenvalue weighted by Gasteiger charge is 2.28. The fourth-order valence-corrected chi connectivity index (χ4v) is 2.52. The molecule has 1 N–H and O–H groups in total. The van der Waals surface area contributed by atoms with Crippen molar-refractivity contribution < 1.29 is 9.90 Å². The number of hydrogen-bond donors (Lipinski definition) is 1. The first-order valence-corrected chi connectivity index (χ1v) is 6.85. The third-order valence-corrected chi connectivity index (χ3v) is 3.81. The number of benzene rings is 1. The van der Waals surface area contributed by atoms with Gasteiger partial charge in [0.1, 0.15) is 0 Å². The Morgan fingerprint density at radius 1 is 1.37 bits per heavy atom. The summed E-state index contributed by atoms with van der Waals surface area (Å²) in [7, 11) is 0. The standard InChI is InChI=1S/C16H21NO2/c1-13-9-10-15(16(18)19)12-17(13)11-5-8-14-6-3-2-4-7-14/h2-8,13,15H,9-12H2,1H3,(H,18,19)/b8-5+. The van der Waals surface area contributed by atoms with Crippen molar-refractivity contribution in [2.45, 2.75) is 25.8 Å². The maximum absolute atomic E-state index is 11.1. The van der Waals surface area contributed by atoms with E-state index < -0.39 is 5.97 Å². The van der Waals surface area contributed by atoms with Gasteiger partial charge in [-0.15, -0.1) is 0 Å². The van der Waals surface area contributed by atoms with Crippen molar-refractivity contribution in [3.05, 3.63) is 42.0 Å². The molecule has 1 aliphatic rings. The fraction of sp³-hybridized carbons (Fsp3) is 0.438. The lowest BCUT2D eigenvalue weighted by molar-refractivity contribution is -0.144. The number of carboxylic acids is 1. The van der Waals surface area contributed by atoms with E-state index in [4.69, 9.17) is 5.11 Å². The van der Waals surface area contributed by atoms with Crippen LogP contribution in [0.25, 0.3) is 6.08 Å².